The van der Waals surface area contributed by atoms with Gasteiger partial charge in [-0.15, -0.1) is 10.2 Å². The lowest BCUT2D eigenvalue weighted by Crippen LogP contribution is -1.98. The summed E-state index contributed by atoms with van der Waals surface area (Å²) in [6, 6.07) is 11.6. The fourth-order valence-corrected chi connectivity index (χ4v) is 2.23. The van der Waals surface area contributed by atoms with E-state index in [4.69, 9.17) is 4.42 Å². The molecule has 7 heteroatoms. The van der Waals surface area contributed by atoms with Crippen LogP contribution in [0.1, 0.15) is 5.76 Å². The molecule has 23 heavy (non-hydrogen) atoms. The zero-order valence-corrected chi connectivity index (χ0v) is 12.0. The van der Waals surface area contributed by atoms with Gasteiger partial charge in [0, 0.05) is 17.1 Å². The van der Waals surface area contributed by atoms with Crippen LogP contribution in [0, 0.1) is 0 Å². The lowest BCUT2D eigenvalue weighted by molar-refractivity contribution is 0.557. The Morgan fingerprint density at radius 3 is 3.00 bits per heavy atom. The number of hydrazone groups is 1. The van der Waals surface area contributed by atoms with Crippen molar-refractivity contribution in [3.63, 3.8) is 0 Å². The van der Waals surface area contributed by atoms with Crippen LogP contribution in [-0.2, 0) is 0 Å². The summed E-state index contributed by atoms with van der Waals surface area (Å²) in [5, 5.41) is 13.2. The van der Waals surface area contributed by atoms with E-state index in [9.17, 15) is 0 Å². The minimum absolute atomic E-state index is 0.326. The van der Waals surface area contributed by atoms with Gasteiger partial charge in [0.05, 0.1) is 6.26 Å². The highest BCUT2D eigenvalue weighted by atomic mass is 16.3. The molecule has 2 N–H and O–H groups in total. The molecule has 0 saturated carbocycles. The lowest BCUT2D eigenvalue weighted by Gasteiger charge is -1.95. The van der Waals surface area contributed by atoms with Crippen molar-refractivity contribution in [2.24, 2.45) is 5.10 Å². The Bertz CT molecular complexity index is 1000. The van der Waals surface area contributed by atoms with Crippen molar-refractivity contribution in [1.29, 1.82) is 0 Å². The molecule has 7 nitrogen and oxygen atoms in total. The third-order valence-electron chi connectivity index (χ3n) is 3.25. The van der Waals surface area contributed by atoms with Gasteiger partial charge in [0.25, 0.3) is 5.95 Å². The molecule has 0 unspecified atom stereocenters. The molecule has 112 valence electrons. The molecule has 0 amide bonds. The molecule has 0 aliphatic rings. The third kappa shape index (κ3) is 2.67. The van der Waals surface area contributed by atoms with Crippen LogP contribution in [-0.4, -0.2) is 26.4 Å². The smallest absolute Gasteiger partial charge is 0.265 e. The van der Waals surface area contributed by atoms with Gasteiger partial charge in [-0.1, -0.05) is 18.2 Å². The monoisotopic (exact) mass is 304 g/mol. The number of hydrogen-bond acceptors (Lipinski definition) is 6. The predicted octanol–water partition coefficient (Wildman–Crippen LogP) is 3.21. The van der Waals surface area contributed by atoms with Crippen LogP contribution in [0.5, 0.6) is 0 Å². The van der Waals surface area contributed by atoms with E-state index < -0.39 is 0 Å². The van der Waals surface area contributed by atoms with Crippen LogP contribution in [0.25, 0.3) is 28.1 Å². The second kappa shape index (κ2) is 5.72. The molecule has 3 aromatic heterocycles. The van der Waals surface area contributed by atoms with Crippen molar-refractivity contribution in [3.8, 4) is 0 Å². The van der Waals surface area contributed by atoms with Crippen molar-refractivity contribution in [3.05, 3.63) is 54.5 Å². The van der Waals surface area contributed by atoms with Crippen molar-refractivity contribution in [2.45, 2.75) is 0 Å². The predicted molar refractivity (Wildman–Crippen MR) is 89.0 cm³/mol. The zero-order valence-electron chi connectivity index (χ0n) is 12.0. The maximum atomic E-state index is 5.17. The van der Waals surface area contributed by atoms with Crippen LogP contribution in [0.2, 0.25) is 0 Å². The summed E-state index contributed by atoms with van der Waals surface area (Å²) in [6.45, 7) is 0. The van der Waals surface area contributed by atoms with Crippen molar-refractivity contribution < 1.29 is 4.42 Å². The molecule has 0 aliphatic heterocycles. The summed E-state index contributed by atoms with van der Waals surface area (Å²) in [5.41, 5.74) is 5.14. The quantitative estimate of drug-likeness (QED) is 0.446. The number of nitrogens with zero attached hydrogens (tertiary/aromatic N) is 4. The minimum atomic E-state index is 0.326. The molecule has 0 saturated heterocycles. The maximum absolute atomic E-state index is 5.17. The molecule has 1 aromatic carbocycles. The van der Waals surface area contributed by atoms with E-state index in [0.717, 1.165) is 22.2 Å². The van der Waals surface area contributed by atoms with Crippen LogP contribution in [0.15, 0.2) is 58.3 Å². The number of anilines is 1. The topological polar surface area (TPSA) is 92.0 Å². The number of para-hydroxylation sites is 1. The number of nitrogens with one attached hydrogen (secondary N) is 2. The van der Waals surface area contributed by atoms with Crippen LogP contribution < -0.4 is 5.43 Å². The van der Waals surface area contributed by atoms with Gasteiger partial charge in [-0.2, -0.15) is 10.1 Å². The first-order valence-corrected chi connectivity index (χ1v) is 7.00. The SMILES string of the molecule is C(=C\c1ccco1)/C=N/Nc1nnc2c(n1)[nH]c1ccccc12. The number of furan rings is 1. The van der Waals surface area contributed by atoms with Gasteiger partial charge in [0.1, 0.15) is 11.3 Å². The van der Waals surface area contributed by atoms with E-state index in [1.54, 1.807) is 24.6 Å². The molecule has 4 aromatic rings. The number of allylic oxidation sites excluding steroid dienone is 1. The van der Waals surface area contributed by atoms with Crippen molar-refractivity contribution in [1.82, 2.24) is 20.2 Å². The van der Waals surface area contributed by atoms with Crippen molar-refractivity contribution in [2.75, 3.05) is 5.43 Å². The molecule has 4 rings (SSSR count). The number of aromatic amines is 1. The summed E-state index contributed by atoms with van der Waals surface area (Å²) < 4.78 is 5.17. The van der Waals surface area contributed by atoms with Gasteiger partial charge in [-0.05, 0) is 30.4 Å². The first kappa shape index (κ1) is 13.2. The number of rotatable bonds is 4. The molecular formula is C16H12N6O. The lowest BCUT2D eigenvalue weighted by atomic mass is 10.2. The number of hydrogen-bond donors (Lipinski definition) is 2. The summed E-state index contributed by atoms with van der Waals surface area (Å²) in [6.07, 6.45) is 6.75. The fourth-order valence-electron chi connectivity index (χ4n) is 2.23. The summed E-state index contributed by atoms with van der Waals surface area (Å²) in [5.74, 6) is 1.08. The van der Waals surface area contributed by atoms with Gasteiger partial charge in [-0.25, -0.2) is 5.43 Å². The Kier molecular flexibility index (Phi) is 3.28. The second-order valence-electron chi connectivity index (χ2n) is 4.77. The Labute approximate surface area is 130 Å². The van der Waals surface area contributed by atoms with Gasteiger partial charge < -0.3 is 9.40 Å². The van der Waals surface area contributed by atoms with E-state index in [0.29, 0.717) is 11.6 Å². The highest BCUT2D eigenvalue weighted by Gasteiger charge is 2.07. The van der Waals surface area contributed by atoms with E-state index >= 15 is 0 Å². The largest absolute Gasteiger partial charge is 0.465 e. The van der Waals surface area contributed by atoms with Crippen LogP contribution in [0.4, 0.5) is 5.95 Å². The Morgan fingerprint density at radius 1 is 1.13 bits per heavy atom. The first-order chi connectivity index (χ1) is 11.4. The fraction of sp³-hybridized carbons (Fsp3) is 0. The average Bonchev–Trinajstić information content (AvgIpc) is 3.21. The Morgan fingerprint density at radius 2 is 2.09 bits per heavy atom. The van der Waals surface area contributed by atoms with E-state index in [1.807, 2.05) is 36.4 Å². The molecule has 0 atom stereocenters. The van der Waals surface area contributed by atoms with Gasteiger partial charge in [-0.3, -0.25) is 0 Å². The standard InChI is InChI=1S/C16H12N6O/c1-2-8-13-12(7-1)14-15(18-13)19-16(22-20-14)21-17-9-3-5-11-6-4-10-23-11/h1-10H,(H2,18,19,21,22)/b5-3+,17-9+. The van der Waals surface area contributed by atoms with E-state index in [1.165, 1.54) is 0 Å². The normalized spacial score (nSPS) is 12.0. The number of fused-ring (bicyclic) bond motifs is 3. The first-order valence-electron chi connectivity index (χ1n) is 7.00. The molecule has 0 aliphatic carbocycles. The summed E-state index contributed by atoms with van der Waals surface area (Å²) >= 11 is 0. The maximum Gasteiger partial charge on any atom is 0.265 e. The van der Waals surface area contributed by atoms with Crippen LogP contribution in [0.3, 0.4) is 0 Å². The number of H-pyrrole nitrogens is 1. The number of aromatic nitrogens is 4. The molecule has 3 heterocycles. The summed E-state index contributed by atoms with van der Waals surface area (Å²) in [4.78, 5) is 7.57. The summed E-state index contributed by atoms with van der Waals surface area (Å²) in [7, 11) is 0. The second-order valence-corrected chi connectivity index (χ2v) is 4.77. The number of benzene rings is 1. The van der Waals surface area contributed by atoms with Gasteiger partial charge in [0.15, 0.2) is 5.65 Å². The highest BCUT2D eigenvalue weighted by molar-refractivity contribution is 6.03. The van der Waals surface area contributed by atoms with Gasteiger partial charge in [0.2, 0.25) is 0 Å². The molecular weight excluding hydrogens is 292 g/mol. The molecule has 0 radical (unpaired) electrons. The molecule has 0 fully saturated rings. The zero-order chi connectivity index (χ0) is 15.5. The molecule has 0 bridgehead atoms. The van der Waals surface area contributed by atoms with Gasteiger partial charge >= 0.3 is 0 Å². The Hall–Kier alpha value is -3.48. The molecule has 0 spiro atoms. The Balaban J connectivity index is 1.52. The van der Waals surface area contributed by atoms with E-state index in [2.05, 4.69) is 30.7 Å². The average molecular weight is 304 g/mol. The van der Waals surface area contributed by atoms with E-state index in [-0.39, 0.29) is 0 Å². The minimum Gasteiger partial charge on any atom is -0.465 e. The third-order valence-corrected chi connectivity index (χ3v) is 3.25. The van der Waals surface area contributed by atoms with Crippen molar-refractivity contribution >= 4 is 40.3 Å². The van der Waals surface area contributed by atoms with Crippen LogP contribution >= 0.6 is 0 Å². The highest BCUT2D eigenvalue weighted by Crippen LogP contribution is 2.21.